The Morgan fingerprint density at radius 2 is 2.38 bits per heavy atom. The van der Waals surface area contributed by atoms with Crippen molar-refractivity contribution < 1.29 is 0 Å². The Morgan fingerprint density at radius 1 is 1.75 bits per heavy atom. The number of hydrogen-bond acceptors (Lipinski definition) is 2. The fourth-order valence-corrected chi connectivity index (χ4v) is 0.466. The second kappa shape index (κ2) is 4.37. The second-order valence-electron chi connectivity index (χ2n) is 1.50. The molecule has 0 aliphatic heterocycles. The third-order valence-electron chi connectivity index (χ3n) is 1.02. The first-order valence-corrected chi connectivity index (χ1v) is 2.73. The van der Waals surface area contributed by atoms with Crippen LogP contribution < -0.4 is 5.84 Å². The number of nitrogens with two attached hydrogens (primary N) is 1. The summed E-state index contributed by atoms with van der Waals surface area (Å²) in [6.45, 7) is 4.04. The Bertz CT molecular complexity index is 100. The molecule has 0 aromatic carbocycles. The van der Waals surface area contributed by atoms with Gasteiger partial charge in [-0.15, -0.1) is 0 Å². The Hall–Kier alpha value is -0.790. The summed E-state index contributed by atoms with van der Waals surface area (Å²) < 4.78 is 0. The van der Waals surface area contributed by atoms with Crippen LogP contribution in [0.15, 0.2) is 16.8 Å². The monoisotopic (exact) mass is 112 g/mol. The van der Waals surface area contributed by atoms with E-state index in [0.29, 0.717) is 0 Å². The highest BCUT2D eigenvalue weighted by Gasteiger charge is 1.81. The number of nitrogens with zero attached hydrogens (tertiary/aromatic N) is 1. The first-order valence-electron chi connectivity index (χ1n) is 2.73. The minimum Gasteiger partial charge on any atom is -0.323 e. The van der Waals surface area contributed by atoms with Crippen LogP contribution in [0.3, 0.4) is 0 Å². The van der Waals surface area contributed by atoms with Crippen molar-refractivity contribution in [3.8, 4) is 0 Å². The molecular weight excluding hydrogens is 100 g/mol. The molecule has 0 aromatic rings. The minimum atomic E-state index is 0.997. The molecule has 0 aromatic heterocycles. The highest BCUT2D eigenvalue weighted by Crippen LogP contribution is 1.93. The van der Waals surface area contributed by atoms with Gasteiger partial charge in [0.2, 0.25) is 0 Å². The molecule has 0 amide bonds. The maximum absolute atomic E-state index is 4.91. The average molecular weight is 112 g/mol. The highest BCUT2D eigenvalue weighted by molar-refractivity contribution is 5.77. The molecule has 0 radical (unpaired) electrons. The van der Waals surface area contributed by atoms with E-state index < -0.39 is 0 Å². The van der Waals surface area contributed by atoms with E-state index >= 15 is 0 Å². The van der Waals surface area contributed by atoms with Crippen molar-refractivity contribution in [1.29, 1.82) is 0 Å². The standard InChI is InChI=1S/C6H12N2/c1-3-6(4-2)5-8-7/h3,5H,4,7H2,1-2H3/b6-3+,8-5+. The van der Waals surface area contributed by atoms with E-state index in [4.69, 9.17) is 5.84 Å². The molecule has 0 rings (SSSR count). The molecule has 0 aliphatic rings. The quantitative estimate of drug-likeness (QED) is 0.326. The number of allylic oxidation sites excluding steroid dienone is 2. The van der Waals surface area contributed by atoms with Crippen molar-refractivity contribution >= 4 is 6.21 Å². The molecule has 0 bridgehead atoms. The molecule has 0 saturated carbocycles. The van der Waals surface area contributed by atoms with Gasteiger partial charge in [-0.25, -0.2) is 0 Å². The zero-order valence-corrected chi connectivity index (χ0v) is 5.39. The Balaban J connectivity index is 3.72. The van der Waals surface area contributed by atoms with Crippen LogP contribution >= 0.6 is 0 Å². The third kappa shape index (κ3) is 2.39. The van der Waals surface area contributed by atoms with Gasteiger partial charge in [-0.05, 0) is 18.9 Å². The predicted octanol–water partition coefficient (Wildman–Crippen LogP) is 1.29. The summed E-state index contributed by atoms with van der Waals surface area (Å²) in [7, 11) is 0. The largest absolute Gasteiger partial charge is 0.323 e. The van der Waals surface area contributed by atoms with Crippen LogP contribution in [0.2, 0.25) is 0 Å². The molecule has 2 N–H and O–H groups in total. The molecule has 2 heteroatoms. The van der Waals surface area contributed by atoms with Gasteiger partial charge in [0.05, 0.1) is 0 Å². The first-order chi connectivity index (χ1) is 3.85. The van der Waals surface area contributed by atoms with Gasteiger partial charge < -0.3 is 5.84 Å². The van der Waals surface area contributed by atoms with Gasteiger partial charge >= 0.3 is 0 Å². The van der Waals surface area contributed by atoms with Crippen LogP contribution in [0, 0.1) is 0 Å². The molecule has 2 nitrogen and oxygen atoms in total. The van der Waals surface area contributed by atoms with Crippen LogP contribution in [-0.4, -0.2) is 6.21 Å². The van der Waals surface area contributed by atoms with Crippen molar-refractivity contribution in [3.05, 3.63) is 11.6 Å². The Kier molecular flexibility index (Phi) is 3.94. The molecule has 0 unspecified atom stereocenters. The van der Waals surface area contributed by atoms with Crippen LogP contribution in [0.25, 0.3) is 0 Å². The first kappa shape index (κ1) is 7.21. The van der Waals surface area contributed by atoms with Gasteiger partial charge in [-0.1, -0.05) is 13.0 Å². The van der Waals surface area contributed by atoms with E-state index in [9.17, 15) is 0 Å². The van der Waals surface area contributed by atoms with E-state index in [2.05, 4.69) is 12.0 Å². The van der Waals surface area contributed by atoms with Gasteiger partial charge in [-0.3, -0.25) is 0 Å². The van der Waals surface area contributed by atoms with Gasteiger partial charge in [-0.2, -0.15) is 5.10 Å². The van der Waals surface area contributed by atoms with E-state index in [1.54, 1.807) is 6.21 Å². The smallest absolute Gasteiger partial charge is 0.0494 e. The van der Waals surface area contributed by atoms with Crippen molar-refractivity contribution in [1.82, 2.24) is 0 Å². The summed E-state index contributed by atoms with van der Waals surface area (Å²) in [5.74, 6) is 4.91. The minimum absolute atomic E-state index is 0.997. The summed E-state index contributed by atoms with van der Waals surface area (Å²) >= 11 is 0. The lowest BCUT2D eigenvalue weighted by molar-refractivity contribution is 1.16. The number of hydrogen-bond donors (Lipinski definition) is 1. The maximum Gasteiger partial charge on any atom is 0.0494 e. The molecule has 0 spiro atoms. The van der Waals surface area contributed by atoms with Crippen LogP contribution in [0.1, 0.15) is 20.3 Å². The van der Waals surface area contributed by atoms with Crippen molar-refractivity contribution in [2.45, 2.75) is 20.3 Å². The summed E-state index contributed by atoms with van der Waals surface area (Å²) in [6, 6.07) is 0. The number of hydrazone groups is 1. The lowest BCUT2D eigenvalue weighted by Crippen LogP contribution is -1.86. The maximum atomic E-state index is 4.91. The molecule has 0 atom stereocenters. The third-order valence-corrected chi connectivity index (χ3v) is 1.02. The predicted molar refractivity (Wildman–Crippen MR) is 36.7 cm³/mol. The summed E-state index contributed by atoms with van der Waals surface area (Å²) in [5, 5.41) is 3.38. The van der Waals surface area contributed by atoms with Crippen molar-refractivity contribution in [3.63, 3.8) is 0 Å². The molecular formula is C6H12N2. The topological polar surface area (TPSA) is 38.4 Å². The second-order valence-corrected chi connectivity index (χ2v) is 1.50. The van der Waals surface area contributed by atoms with E-state index in [1.165, 1.54) is 5.57 Å². The average Bonchev–Trinajstić information content (AvgIpc) is 1.83. The Morgan fingerprint density at radius 3 is 2.50 bits per heavy atom. The van der Waals surface area contributed by atoms with E-state index in [-0.39, 0.29) is 0 Å². The summed E-state index contributed by atoms with van der Waals surface area (Å²) in [4.78, 5) is 0. The number of rotatable bonds is 2. The SMILES string of the molecule is C/C=C(/C=N/N)CC. The Labute approximate surface area is 50.1 Å². The fourth-order valence-electron chi connectivity index (χ4n) is 0.466. The lowest BCUT2D eigenvalue weighted by Gasteiger charge is -1.88. The fraction of sp³-hybridized carbons (Fsp3) is 0.500. The molecule has 8 heavy (non-hydrogen) atoms. The van der Waals surface area contributed by atoms with Gasteiger partial charge in [0.1, 0.15) is 0 Å². The van der Waals surface area contributed by atoms with Gasteiger partial charge in [0.25, 0.3) is 0 Å². The normalized spacial score (nSPS) is 13.0. The molecule has 0 heterocycles. The van der Waals surface area contributed by atoms with Gasteiger partial charge in [0, 0.05) is 6.21 Å². The lowest BCUT2D eigenvalue weighted by atomic mass is 10.2. The highest BCUT2D eigenvalue weighted by atomic mass is 15.1. The van der Waals surface area contributed by atoms with Crippen LogP contribution in [-0.2, 0) is 0 Å². The molecule has 46 valence electrons. The van der Waals surface area contributed by atoms with Crippen molar-refractivity contribution in [2.24, 2.45) is 10.9 Å². The van der Waals surface area contributed by atoms with Crippen LogP contribution in [0.5, 0.6) is 0 Å². The summed E-state index contributed by atoms with van der Waals surface area (Å²) in [5.41, 5.74) is 1.17. The van der Waals surface area contributed by atoms with Gasteiger partial charge in [0.15, 0.2) is 0 Å². The molecule has 0 saturated heterocycles. The van der Waals surface area contributed by atoms with E-state index in [0.717, 1.165) is 6.42 Å². The summed E-state index contributed by atoms with van der Waals surface area (Å²) in [6.07, 6.45) is 4.66. The zero-order chi connectivity index (χ0) is 6.41. The molecule has 0 aliphatic carbocycles. The van der Waals surface area contributed by atoms with Crippen LogP contribution in [0.4, 0.5) is 0 Å². The molecule has 0 fully saturated rings. The van der Waals surface area contributed by atoms with Crippen molar-refractivity contribution in [2.75, 3.05) is 0 Å². The zero-order valence-electron chi connectivity index (χ0n) is 5.39. The van der Waals surface area contributed by atoms with E-state index in [1.807, 2.05) is 13.0 Å².